The number of ether oxygens (including phenoxy) is 1. The third-order valence-electron chi connectivity index (χ3n) is 4.80. The minimum absolute atomic E-state index is 0.241. The highest BCUT2D eigenvalue weighted by molar-refractivity contribution is 5.76. The smallest absolute Gasteiger partial charge is 0.222 e. The zero-order chi connectivity index (χ0) is 17.5. The van der Waals surface area contributed by atoms with E-state index in [9.17, 15) is 4.79 Å². The Hall–Kier alpha value is -2.14. The Bertz CT molecular complexity index is 669. The summed E-state index contributed by atoms with van der Waals surface area (Å²) in [6.07, 6.45) is 7.35. The standard InChI is InChI=1S/C20H27N3O2/c1-17-21-11-13-23(17)19-9-5-12-22(15-19)20(24)10-6-14-25-16-18-7-3-2-4-8-18/h2-4,7-8,11,13,19H,5-6,9-10,12,14-16H2,1H3/t19-/m0/s1. The summed E-state index contributed by atoms with van der Waals surface area (Å²) in [5, 5.41) is 0. The van der Waals surface area contributed by atoms with E-state index in [1.54, 1.807) is 0 Å². The maximum absolute atomic E-state index is 12.5. The van der Waals surface area contributed by atoms with E-state index in [0.717, 1.165) is 38.2 Å². The molecule has 1 fully saturated rings. The van der Waals surface area contributed by atoms with E-state index in [1.165, 1.54) is 5.56 Å². The molecule has 5 heteroatoms. The van der Waals surface area contributed by atoms with Crippen molar-refractivity contribution >= 4 is 5.91 Å². The lowest BCUT2D eigenvalue weighted by molar-refractivity contribution is -0.133. The molecule has 0 spiro atoms. The summed E-state index contributed by atoms with van der Waals surface area (Å²) < 4.78 is 7.87. The van der Waals surface area contributed by atoms with E-state index >= 15 is 0 Å². The van der Waals surface area contributed by atoms with Gasteiger partial charge in [0.2, 0.25) is 5.91 Å². The number of carbonyl (C=O) groups is 1. The van der Waals surface area contributed by atoms with Crippen molar-refractivity contribution in [1.82, 2.24) is 14.5 Å². The minimum atomic E-state index is 0.241. The molecule has 5 nitrogen and oxygen atoms in total. The van der Waals surface area contributed by atoms with Gasteiger partial charge in [0.05, 0.1) is 12.6 Å². The van der Waals surface area contributed by atoms with Gasteiger partial charge in [-0.15, -0.1) is 0 Å². The van der Waals surface area contributed by atoms with Crippen molar-refractivity contribution in [2.45, 2.75) is 45.3 Å². The van der Waals surface area contributed by atoms with Gasteiger partial charge in [0.1, 0.15) is 5.82 Å². The highest BCUT2D eigenvalue weighted by Crippen LogP contribution is 2.23. The molecule has 2 heterocycles. The molecule has 2 aromatic rings. The molecule has 134 valence electrons. The van der Waals surface area contributed by atoms with Crippen molar-refractivity contribution in [3.8, 4) is 0 Å². The normalized spacial score (nSPS) is 17.6. The fraction of sp³-hybridized carbons (Fsp3) is 0.500. The first-order valence-corrected chi connectivity index (χ1v) is 9.13. The fourth-order valence-electron chi connectivity index (χ4n) is 3.43. The molecule has 3 rings (SSSR count). The summed E-state index contributed by atoms with van der Waals surface area (Å²) in [5.41, 5.74) is 1.17. The van der Waals surface area contributed by atoms with Gasteiger partial charge in [0, 0.05) is 38.5 Å². The van der Waals surface area contributed by atoms with Crippen LogP contribution in [-0.4, -0.2) is 40.1 Å². The number of carbonyl (C=O) groups excluding carboxylic acids is 1. The number of amides is 1. The second-order valence-electron chi connectivity index (χ2n) is 6.66. The number of aromatic nitrogens is 2. The molecule has 0 bridgehead atoms. The summed E-state index contributed by atoms with van der Waals surface area (Å²) >= 11 is 0. The molecule has 1 amide bonds. The number of nitrogens with zero attached hydrogens (tertiary/aromatic N) is 3. The second-order valence-corrected chi connectivity index (χ2v) is 6.66. The van der Waals surface area contributed by atoms with Gasteiger partial charge in [-0.25, -0.2) is 4.98 Å². The summed E-state index contributed by atoms with van der Waals surface area (Å²) in [7, 11) is 0. The van der Waals surface area contributed by atoms with E-state index in [-0.39, 0.29) is 5.91 Å². The van der Waals surface area contributed by atoms with Crippen molar-refractivity contribution in [2.24, 2.45) is 0 Å². The monoisotopic (exact) mass is 341 g/mol. The molecule has 1 aliphatic heterocycles. The highest BCUT2D eigenvalue weighted by Gasteiger charge is 2.24. The van der Waals surface area contributed by atoms with E-state index < -0.39 is 0 Å². The molecule has 1 aromatic heterocycles. The first-order valence-electron chi connectivity index (χ1n) is 9.13. The summed E-state index contributed by atoms with van der Waals surface area (Å²) in [6, 6.07) is 10.5. The van der Waals surface area contributed by atoms with E-state index in [2.05, 4.69) is 21.7 Å². The van der Waals surface area contributed by atoms with Crippen LogP contribution in [0, 0.1) is 6.92 Å². The van der Waals surface area contributed by atoms with Gasteiger partial charge in [-0.2, -0.15) is 0 Å². The first kappa shape index (κ1) is 17.7. The van der Waals surface area contributed by atoms with Crippen LogP contribution in [0.3, 0.4) is 0 Å². The van der Waals surface area contributed by atoms with E-state index in [0.29, 0.717) is 25.7 Å². The average molecular weight is 341 g/mol. The van der Waals surface area contributed by atoms with Crippen molar-refractivity contribution < 1.29 is 9.53 Å². The number of piperidine rings is 1. The zero-order valence-corrected chi connectivity index (χ0v) is 14.9. The summed E-state index contributed by atoms with van der Waals surface area (Å²) in [5.74, 6) is 1.26. The number of benzene rings is 1. The van der Waals surface area contributed by atoms with Gasteiger partial charge in [-0.05, 0) is 31.7 Å². The Morgan fingerprint density at radius 3 is 2.92 bits per heavy atom. The lowest BCUT2D eigenvalue weighted by Crippen LogP contribution is -2.40. The van der Waals surface area contributed by atoms with Crippen LogP contribution in [0.15, 0.2) is 42.7 Å². The zero-order valence-electron chi connectivity index (χ0n) is 14.9. The number of hydrogen-bond acceptors (Lipinski definition) is 3. The van der Waals surface area contributed by atoms with Crippen LogP contribution in [0.1, 0.15) is 43.1 Å². The number of aryl methyl sites for hydroxylation is 1. The molecule has 1 aliphatic rings. The van der Waals surface area contributed by atoms with Gasteiger partial charge >= 0.3 is 0 Å². The molecule has 25 heavy (non-hydrogen) atoms. The van der Waals surface area contributed by atoms with Crippen LogP contribution in [0.4, 0.5) is 0 Å². The Kier molecular flexibility index (Phi) is 6.23. The molecule has 0 aliphatic carbocycles. The van der Waals surface area contributed by atoms with Crippen molar-refractivity contribution in [1.29, 1.82) is 0 Å². The van der Waals surface area contributed by atoms with E-state index in [1.807, 2.05) is 42.4 Å². The SMILES string of the molecule is Cc1nccn1[C@H]1CCCN(C(=O)CCCOCc2ccccc2)C1. The predicted molar refractivity (Wildman–Crippen MR) is 97.1 cm³/mol. The van der Waals surface area contributed by atoms with Gasteiger partial charge in [0.15, 0.2) is 0 Å². The molecule has 0 radical (unpaired) electrons. The number of hydrogen-bond donors (Lipinski definition) is 0. The summed E-state index contributed by atoms with van der Waals surface area (Å²) in [4.78, 5) is 18.8. The van der Waals surface area contributed by atoms with E-state index in [4.69, 9.17) is 4.74 Å². The molecule has 1 saturated heterocycles. The largest absolute Gasteiger partial charge is 0.377 e. The first-order chi connectivity index (χ1) is 12.2. The number of imidazole rings is 1. The van der Waals surface area contributed by atoms with Gasteiger partial charge < -0.3 is 14.2 Å². The number of rotatable bonds is 7. The maximum atomic E-state index is 12.5. The van der Waals surface area contributed by atoms with Crippen LogP contribution in [0.2, 0.25) is 0 Å². The maximum Gasteiger partial charge on any atom is 0.222 e. The Labute approximate surface area is 149 Å². The molecule has 0 N–H and O–H groups in total. The predicted octanol–water partition coefficient (Wildman–Crippen LogP) is 3.35. The Morgan fingerprint density at radius 2 is 2.16 bits per heavy atom. The Balaban J connectivity index is 1.38. The molecular formula is C20H27N3O2. The third-order valence-corrected chi connectivity index (χ3v) is 4.80. The lowest BCUT2D eigenvalue weighted by atomic mass is 10.0. The lowest BCUT2D eigenvalue weighted by Gasteiger charge is -2.34. The topological polar surface area (TPSA) is 47.4 Å². The quantitative estimate of drug-likeness (QED) is 0.726. The molecule has 0 saturated carbocycles. The van der Waals surface area contributed by atoms with Crippen molar-refractivity contribution in [2.75, 3.05) is 19.7 Å². The fourth-order valence-corrected chi connectivity index (χ4v) is 3.43. The second kappa shape index (κ2) is 8.81. The van der Waals surface area contributed by atoms with Gasteiger partial charge in [-0.3, -0.25) is 4.79 Å². The van der Waals surface area contributed by atoms with Crippen LogP contribution in [0.5, 0.6) is 0 Å². The molecular weight excluding hydrogens is 314 g/mol. The third kappa shape index (κ3) is 4.92. The van der Waals surface area contributed by atoms with Crippen LogP contribution < -0.4 is 0 Å². The van der Waals surface area contributed by atoms with Crippen molar-refractivity contribution in [3.63, 3.8) is 0 Å². The van der Waals surface area contributed by atoms with Crippen LogP contribution in [0.25, 0.3) is 0 Å². The molecule has 1 aromatic carbocycles. The molecule has 1 atom stereocenters. The van der Waals surface area contributed by atoms with Crippen LogP contribution in [-0.2, 0) is 16.1 Å². The Morgan fingerprint density at radius 1 is 1.32 bits per heavy atom. The van der Waals surface area contributed by atoms with Gasteiger partial charge in [-0.1, -0.05) is 30.3 Å². The minimum Gasteiger partial charge on any atom is -0.377 e. The average Bonchev–Trinajstić information content (AvgIpc) is 3.08. The highest BCUT2D eigenvalue weighted by atomic mass is 16.5. The van der Waals surface area contributed by atoms with Gasteiger partial charge in [0.25, 0.3) is 0 Å². The van der Waals surface area contributed by atoms with Crippen LogP contribution >= 0.6 is 0 Å². The number of likely N-dealkylation sites (tertiary alicyclic amines) is 1. The summed E-state index contributed by atoms with van der Waals surface area (Å²) in [6.45, 7) is 4.92. The van der Waals surface area contributed by atoms with Crippen molar-refractivity contribution in [3.05, 3.63) is 54.1 Å². The molecule has 0 unspecified atom stereocenters.